The van der Waals surface area contributed by atoms with Crippen molar-refractivity contribution in [2.75, 3.05) is 13.2 Å². The van der Waals surface area contributed by atoms with Gasteiger partial charge in [0, 0.05) is 4.91 Å². The highest BCUT2D eigenvalue weighted by molar-refractivity contribution is 5.89. The molecule has 7 nitrogen and oxygen atoms in total. The summed E-state index contributed by atoms with van der Waals surface area (Å²) in [6, 6.07) is 3.31. The summed E-state index contributed by atoms with van der Waals surface area (Å²) in [7, 11) is 0. The van der Waals surface area contributed by atoms with Gasteiger partial charge in [0.1, 0.15) is 11.9 Å². The van der Waals surface area contributed by atoms with Crippen molar-refractivity contribution in [2.24, 2.45) is 5.11 Å². The number of benzene rings is 1. The third kappa shape index (κ3) is 3.92. The number of rotatable bonds is 6. The molecule has 0 saturated carbocycles. The molecule has 1 aromatic rings. The van der Waals surface area contributed by atoms with Crippen LogP contribution in [-0.2, 0) is 4.74 Å². The van der Waals surface area contributed by atoms with Crippen LogP contribution in [0, 0.1) is 5.82 Å². The molecule has 0 heterocycles. The summed E-state index contributed by atoms with van der Waals surface area (Å²) in [6.45, 7) is 1.33. The van der Waals surface area contributed by atoms with Gasteiger partial charge in [-0.3, -0.25) is 0 Å². The van der Waals surface area contributed by atoms with E-state index in [-0.39, 0.29) is 24.3 Å². The summed E-state index contributed by atoms with van der Waals surface area (Å²) < 4.78 is 18.2. The highest BCUT2D eigenvalue weighted by atomic mass is 19.1. The maximum atomic E-state index is 13.5. The van der Waals surface area contributed by atoms with Crippen LogP contribution in [0.4, 0.5) is 4.39 Å². The molecule has 2 unspecified atom stereocenters. The third-order valence-electron chi connectivity index (χ3n) is 2.52. The zero-order valence-electron chi connectivity index (χ0n) is 10.7. The lowest BCUT2D eigenvalue weighted by atomic mass is 10.0. The molecular weight excluding hydrogens is 269 g/mol. The van der Waals surface area contributed by atoms with Crippen molar-refractivity contribution >= 4 is 5.97 Å². The number of aliphatic hydroxyl groups excluding tert-OH is 2. The third-order valence-corrected chi connectivity index (χ3v) is 2.52. The predicted octanol–water partition coefficient (Wildman–Crippen LogP) is 1.71. The minimum Gasteiger partial charge on any atom is -0.462 e. The molecule has 1 aromatic carbocycles. The van der Waals surface area contributed by atoms with Gasteiger partial charge in [-0.2, -0.15) is 0 Å². The van der Waals surface area contributed by atoms with E-state index in [4.69, 9.17) is 5.53 Å². The first-order valence-electron chi connectivity index (χ1n) is 5.84. The van der Waals surface area contributed by atoms with Gasteiger partial charge >= 0.3 is 5.97 Å². The van der Waals surface area contributed by atoms with Crippen LogP contribution >= 0.6 is 0 Å². The average molecular weight is 283 g/mol. The number of ether oxygens (including phenoxy) is 1. The van der Waals surface area contributed by atoms with Gasteiger partial charge in [-0.15, -0.1) is 0 Å². The van der Waals surface area contributed by atoms with E-state index in [1.165, 1.54) is 6.07 Å². The first-order valence-corrected chi connectivity index (χ1v) is 5.84. The molecule has 2 N–H and O–H groups in total. The van der Waals surface area contributed by atoms with Gasteiger partial charge in [0.2, 0.25) is 0 Å². The second-order valence-corrected chi connectivity index (χ2v) is 3.89. The maximum Gasteiger partial charge on any atom is 0.341 e. The normalized spacial score (nSPS) is 13.2. The lowest BCUT2D eigenvalue weighted by Crippen LogP contribution is -2.21. The average Bonchev–Trinajstić information content (AvgIpc) is 2.44. The summed E-state index contributed by atoms with van der Waals surface area (Å²) in [5.41, 5.74) is 7.92. The van der Waals surface area contributed by atoms with E-state index in [2.05, 4.69) is 14.8 Å². The van der Waals surface area contributed by atoms with Crippen molar-refractivity contribution in [3.05, 3.63) is 45.6 Å². The monoisotopic (exact) mass is 283 g/mol. The zero-order chi connectivity index (χ0) is 15.1. The van der Waals surface area contributed by atoms with Crippen LogP contribution in [0.2, 0.25) is 0 Å². The number of hydrogen-bond acceptors (Lipinski definition) is 5. The molecular formula is C12H14FN3O4. The summed E-state index contributed by atoms with van der Waals surface area (Å²) in [6.07, 6.45) is -2.76. The van der Waals surface area contributed by atoms with E-state index in [0.29, 0.717) is 0 Å². The fraction of sp³-hybridized carbons (Fsp3) is 0.417. The Bertz CT molecular complexity index is 531. The summed E-state index contributed by atoms with van der Waals surface area (Å²) in [5, 5.41) is 22.5. The molecule has 0 aromatic heterocycles. The Kier molecular flexibility index (Phi) is 5.92. The number of carbonyl (C=O) groups is 1. The fourth-order valence-corrected chi connectivity index (χ4v) is 1.53. The van der Waals surface area contributed by atoms with Crippen molar-refractivity contribution in [2.45, 2.75) is 19.1 Å². The quantitative estimate of drug-likeness (QED) is 0.358. The molecule has 8 heteroatoms. The van der Waals surface area contributed by atoms with E-state index >= 15 is 0 Å². The van der Waals surface area contributed by atoms with Gasteiger partial charge in [0.15, 0.2) is 0 Å². The first kappa shape index (κ1) is 15.9. The van der Waals surface area contributed by atoms with E-state index in [1.807, 2.05) is 0 Å². The van der Waals surface area contributed by atoms with Crippen LogP contribution < -0.4 is 0 Å². The largest absolute Gasteiger partial charge is 0.462 e. The van der Waals surface area contributed by atoms with Crippen molar-refractivity contribution in [1.29, 1.82) is 0 Å². The Morgan fingerprint density at radius 1 is 1.55 bits per heavy atom. The minimum absolute atomic E-state index is 0.0879. The molecule has 0 aliphatic carbocycles. The summed E-state index contributed by atoms with van der Waals surface area (Å²) in [4.78, 5) is 14.0. The maximum absolute atomic E-state index is 13.5. The van der Waals surface area contributed by atoms with Crippen LogP contribution in [-0.4, -0.2) is 35.4 Å². The Hall–Kier alpha value is -2.15. The van der Waals surface area contributed by atoms with Gasteiger partial charge in [-0.05, 0) is 30.2 Å². The van der Waals surface area contributed by atoms with Crippen molar-refractivity contribution in [3.8, 4) is 0 Å². The SMILES string of the molecule is CCOC(=O)c1cc(C(O)C(O)CN=[N+]=[N-])ccc1F. The number of aliphatic hydroxyl groups is 2. The molecule has 0 aliphatic heterocycles. The molecule has 2 atom stereocenters. The summed E-state index contributed by atoms with van der Waals surface area (Å²) >= 11 is 0. The Morgan fingerprint density at radius 3 is 2.85 bits per heavy atom. The van der Waals surface area contributed by atoms with Crippen LogP contribution in [0.25, 0.3) is 10.4 Å². The Balaban J connectivity index is 2.99. The molecule has 0 amide bonds. The first-order chi connectivity index (χ1) is 9.51. The highest BCUT2D eigenvalue weighted by Crippen LogP contribution is 2.21. The van der Waals surface area contributed by atoms with E-state index in [9.17, 15) is 19.4 Å². The molecule has 0 bridgehead atoms. The molecule has 0 radical (unpaired) electrons. The van der Waals surface area contributed by atoms with Crippen LogP contribution in [0.15, 0.2) is 23.3 Å². The van der Waals surface area contributed by atoms with E-state index in [1.54, 1.807) is 6.92 Å². The second-order valence-electron chi connectivity index (χ2n) is 3.89. The smallest absolute Gasteiger partial charge is 0.341 e. The molecule has 0 aliphatic rings. The number of nitrogens with zero attached hydrogens (tertiary/aromatic N) is 3. The molecule has 0 spiro atoms. The number of hydrogen-bond donors (Lipinski definition) is 2. The zero-order valence-corrected chi connectivity index (χ0v) is 10.7. The number of halogens is 1. The lowest BCUT2D eigenvalue weighted by molar-refractivity contribution is 0.0242. The fourth-order valence-electron chi connectivity index (χ4n) is 1.53. The lowest BCUT2D eigenvalue weighted by Gasteiger charge is -2.17. The van der Waals surface area contributed by atoms with Gasteiger partial charge in [-0.1, -0.05) is 11.2 Å². The van der Waals surface area contributed by atoms with E-state index in [0.717, 1.165) is 12.1 Å². The van der Waals surface area contributed by atoms with Crippen LogP contribution in [0.5, 0.6) is 0 Å². The highest BCUT2D eigenvalue weighted by Gasteiger charge is 2.21. The van der Waals surface area contributed by atoms with Gasteiger partial charge in [0.05, 0.1) is 24.8 Å². The number of azide groups is 1. The predicted molar refractivity (Wildman–Crippen MR) is 67.3 cm³/mol. The van der Waals surface area contributed by atoms with Crippen molar-refractivity contribution < 1.29 is 24.1 Å². The summed E-state index contributed by atoms with van der Waals surface area (Å²) in [5.74, 6) is -1.65. The van der Waals surface area contributed by atoms with Gasteiger partial charge in [0.25, 0.3) is 0 Å². The molecule has 1 rings (SSSR count). The standard InChI is InChI=1S/C12H14FN3O4/c1-2-20-12(19)8-5-7(3-4-9(8)13)11(18)10(17)6-15-16-14/h3-5,10-11,17-18H,2,6H2,1H3. The van der Waals surface area contributed by atoms with Crippen LogP contribution in [0.1, 0.15) is 28.9 Å². The molecule has 0 fully saturated rings. The molecule has 0 saturated heterocycles. The van der Waals surface area contributed by atoms with Crippen LogP contribution in [0.3, 0.4) is 0 Å². The Labute approximate surface area is 114 Å². The second kappa shape index (κ2) is 7.44. The van der Waals surface area contributed by atoms with Crippen molar-refractivity contribution in [1.82, 2.24) is 0 Å². The topological polar surface area (TPSA) is 116 Å². The minimum atomic E-state index is -1.41. The van der Waals surface area contributed by atoms with Gasteiger partial charge in [-0.25, -0.2) is 9.18 Å². The number of carbonyl (C=O) groups excluding carboxylic acids is 1. The molecule has 108 valence electrons. The van der Waals surface area contributed by atoms with Crippen molar-refractivity contribution in [3.63, 3.8) is 0 Å². The van der Waals surface area contributed by atoms with Gasteiger partial charge < -0.3 is 14.9 Å². The van der Waals surface area contributed by atoms with E-state index < -0.39 is 24.0 Å². The Morgan fingerprint density at radius 2 is 2.25 bits per heavy atom. The number of esters is 1. The molecule has 20 heavy (non-hydrogen) atoms.